The fourth-order valence-electron chi connectivity index (χ4n) is 3.15. The highest BCUT2D eigenvalue weighted by atomic mass is 15.3. The summed E-state index contributed by atoms with van der Waals surface area (Å²) in [5, 5.41) is 5.95. The molecule has 0 aliphatic heterocycles. The molecule has 0 radical (unpaired) electrons. The zero-order chi connectivity index (χ0) is 19.0. The van der Waals surface area contributed by atoms with E-state index in [0.717, 1.165) is 40.2 Å². The van der Waals surface area contributed by atoms with Gasteiger partial charge in [0.15, 0.2) is 11.6 Å². The number of benzene rings is 2. The van der Waals surface area contributed by atoms with E-state index in [4.69, 9.17) is 10.1 Å². The lowest BCUT2D eigenvalue weighted by atomic mass is 9.97. The van der Waals surface area contributed by atoms with E-state index < -0.39 is 0 Å². The molecule has 0 spiro atoms. The summed E-state index contributed by atoms with van der Waals surface area (Å²) in [6.45, 7) is 9.53. The molecule has 0 saturated carbocycles. The SMILES string of the molecule is Cc1ccc(-c2nc(-c3ccc4ncccc4c3)n(CC(C)(C)C)n2)cc1. The minimum absolute atomic E-state index is 0.103. The molecule has 0 aliphatic rings. The van der Waals surface area contributed by atoms with Crippen molar-refractivity contribution in [2.75, 3.05) is 0 Å². The van der Waals surface area contributed by atoms with Crippen LogP contribution in [0.4, 0.5) is 0 Å². The first-order chi connectivity index (χ1) is 12.9. The van der Waals surface area contributed by atoms with Gasteiger partial charge in [-0.05, 0) is 36.6 Å². The fraction of sp³-hybridized carbons (Fsp3) is 0.261. The molecule has 27 heavy (non-hydrogen) atoms. The molecule has 0 unspecified atom stereocenters. The van der Waals surface area contributed by atoms with E-state index in [1.807, 2.05) is 23.0 Å². The summed E-state index contributed by atoms with van der Waals surface area (Å²) in [4.78, 5) is 9.32. The van der Waals surface area contributed by atoms with Crippen LogP contribution >= 0.6 is 0 Å². The van der Waals surface area contributed by atoms with Crippen molar-refractivity contribution in [2.45, 2.75) is 34.2 Å². The Bertz CT molecular complexity index is 1090. The Labute approximate surface area is 159 Å². The van der Waals surface area contributed by atoms with E-state index in [-0.39, 0.29) is 5.41 Å². The van der Waals surface area contributed by atoms with Gasteiger partial charge in [-0.15, -0.1) is 0 Å². The Kier molecular flexibility index (Phi) is 4.27. The van der Waals surface area contributed by atoms with Crippen molar-refractivity contribution in [3.8, 4) is 22.8 Å². The molecule has 2 aromatic carbocycles. The lowest BCUT2D eigenvalue weighted by Gasteiger charge is -2.19. The first-order valence-corrected chi connectivity index (χ1v) is 9.26. The lowest BCUT2D eigenvalue weighted by Crippen LogP contribution is -2.17. The number of pyridine rings is 1. The van der Waals surface area contributed by atoms with E-state index >= 15 is 0 Å². The van der Waals surface area contributed by atoms with Gasteiger partial charge in [-0.2, -0.15) is 5.10 Å². The number of nitrogens with zero attached hydrogens (tertiary/aromatic N) is 4. The van der Waals surface area contributed by atoms with E-state index in [1.54, 1.807) is 0 Å². The molecule has 2 heterocycles. The summed E-state index contributed by atoms with van der Waals surface area (Å²) in [6.07, 6.45) is 1.82. The first-order valence-electron chi connectivity index (χ1n) is 9.26. The van der Waals surface area contributed by atoms with Gasteiger partial charge in [-0.1, -0.05) is 56.7 Å². The van der Waals surface area contributed by atoms with Gasteiger partial charge in [-0.3, -0.25) is 4.98 Å². The highest BCUT2D eigenvalue weighted by Crippen LogP contribution is 2.28. The van der Waals surface area contributed by atoms with Gasteiger partial charge >= 0.3 is 0 Å². The standard InChI is InChI=1S/C23H24N4/c1-16-7-9-17(10-8-16)21-25-22(27(26-21)15-23(2,3)4)19-11-12-20-18(14-19)6-5-13-24-20/h5-14H,15H2,1-4H3. The molecule has 2 aromatic heterocycles. The van der Waals surface area contributed by atoms with Crippen LogP contribution in [0.25, 0.3) is 33.7 Å². The fourth-order valence-corrected chi connectivity index (χ4v) is 3.15. The Morgan fingerprint density at radius 2 is 1.67 bits per heavy atom. The Morgan fingerprint density at radius 3 is 2.41 bits per heavy atom. The van der Waals surface area contributed by atoms with Crippen LogP contribution in [0.5, 0.6) is 0 Å². The van der Waals surface area contributed by atoms with Crippen LogP contribution in [-0.2, 0) is 6.54 Å². The van der Waals surface area contributed by atoms with Crippen LogP contribution in [0.2, 0.25) is 0 Å². The highest BCUT2D eigenvalue weighted by molar-refractivity contribution is 5.83. The number of rotatable bonds is 3. The number of hydrogen-bond donors (Lipinski definition) is 0. The number of aryl methyl sites for hydroxylation is 1. The molecule has 4 nitrogen and oxygen atoms in total. The van der Waals surface area contributed by atoms with Crippen LogP contribution < -0.4 is 0 Å². The summed E-state index contributed by atoms with van der Waals surface area (Å²) in [7, 11) is 0. The van der Waals surface area contributed by atoms with Crippen molar-refractivity contribution < 1.29 is 0 Å². The molecule has 0 amide bonds. The summed E-state index contributed by atoms with van der Waals surface area (Å²) in [5.41, 5.74) is 4.42. The predicted molar refractivity (Wildman–Crippen MR) is 110 cm³/mol. The molecule has 4 heteroatoms. The van der Waals surface area contributed by atoms with Gasteiger partial charge in [-0.25, -0.2) is 9.67 Å². The smallest absolute Gasteiger partial charge is 0.181 e. The van der Waals surface area contributed by atoms with Gasteiger partial charge in [0.1, 0.15) is 0 Å². The quantitative estimate of drug-likeness (QED) is 0.486. The molecular weight excluding hydrogens is 332 g/mol. The molecule has 0 atom stereocenters. The first kappa shape index (κ1) is 17.4. The van der Waals surface area contributed by atoms with Crippen LogP contribution in [0, 0.1) is 12.3 Å². The van der Waals surface area contributed by atoms with Crippen LogP contribution in [0.3, 0.4) is 0 Å². The zero-order valence-corrected chi connectivity index (χ0v) is 16.3. The molecule has 0 saturated heterocycles. The monoisotopic (exact) mass is 356 g/mol. The van der Waals surface area contributed by atoms with E-state index in [2.05, 4.69) is 75.1 Å². The van der Waals surface area contributed by atoms with Crippen molar-refractivity contribution in [2.24, 2.45) is 5.41 Å². The second-order valence-corrected chi connectivity index (χ2v) is 8.25. The second-order valence-electron chi connectivity index (χ2n) is 8.25. The molecule has 0 bridgehead atoms. The van der Waals surface area contributed by atoms with Gasteiger partial charge in [0, 0.05) is 29.3 Å². The van der Waals surface area contributed by atoms with Crippen molar-refractivity contribution in [1.29, 1.82) is 0 Å². The average molecular weight is 356 g/mol. The van der Waals surface area contributed by atoms with E-state index in [0.29, 0.717) is 0 Å². The molecule has 0 aliphatic carbocycles. The number of aromatic nitrogens is 4. The topological polar surface area (TPSA) is 43.6 Å². The van der Waals surface area contributed by atoms with Gasteiger partial charge in [0.05, 0.1) is 5.52 Å². The Morgan fingerprint density at radius 1 is 0.926 bits per heavy atom. The van der Waals surface area contributed by atoms with Crippen LogP contribution in [0.15, 0.2) is 60.8 Å². The molecule has 0 N–H and O–H groups in total. The van der Waals surface area contributed by atoms with E-state index in [1.165, 1.54) is 5.56 Å². The van der Waals surface area contributed by atoms with Crippen molar-refractivity contribution in [1.82, 2.24) is 19.7 Å². The maximum Gasteiger partial charge on any atom is 0.181 e. The number of fused-ring (bicyclic) bond motifs is 1. The predicted octanol–water partition coefficient (Wildman–Crippen LogP) is 5.51. The maximum atomic E-state index is 4.90. The second kappa shape index (κ2) is 6.62. The normalized spacial score (nSPS) is 11.9. The molecule has 0 fully saturated rings. The molecule has 4 aromatic rings. The lowest BCUT2D eigenvalue weighted by molar-refractivity contribution is 0.327. The maximum absolute atomic E-state index is 4.90. The minimum atomic E-state index is 0.103. The number of hydrogen-bond acceptors (Lipinski definition) is 3. The summed E-state index contributed by atoms with van der Waals surface area (Å²) in [5.74, 6) is 1.66. The highest BCUT2D eigenvalue weighted by Gasteiger charge is 2.19. The van der Waals surface area contributed by atoms with Crippen LogP contribution in [0.1, 0.15) is 26.3 Å². The third-order valence-corrected chi connectivity index (χ3v) is 4.47. The largest absolute Gasteiger partial charge is 0.256 e. The van der Waals surface area contributed by atoms with Gasteiger partial charge < -0.3 is 0 Å². The minimum Gasteiger partial charge on any atom is -0.256 e. The zero-order valence-electron chi connectivity index (χ0n) is 16.3. The third kappa shape index (κ3) is 3.75. The third-order valence-electron chi connectivity index (χ3n) is 4.47. The van der Waals surface area contributed by atoms with Crippen molar-refractivity contribution in [3.05, 3.63) is 66.4 Å². The van der Waals surface area contributed by atoms with Crippen LogP contribution in [-0.4, -0.2) is 19.7 Å². The summed E-state index contributed by atoms with van der Waals surface area (Å²) < 4.78 is 2.03. The average Bonchev–Trinajstić information content (AvgIpc) is 3.04. The molecule has 136 valence electrons. The molecular formula is C23H24N4. The summed E-state index contributed by atoms with van der Waals surface area (Å²) >= 11 is 0. The van der Waals surface area contributed by atoms with Crippen molar-refractivity contribution in [3.63, 3.8) is 0 Å². The van der Waals surface area contributed by atoms with Gasteiger partial charge in [0.25, 0.3) is 0 Å². The van der Waals surface area contributed by atoms with E-state index in [9.17, 15) is 0 Å². The summed E-state index contributed by atoms with van der Waals surface area (Å²) in [6, 6.07) is 18.7. The molecule has 4 rings (SSSR count). The Hall–Kier alpha value is -3.01. The Balaban J connectivity index is 1.84. The van der Waals surface area contributed by atoms with Crippen molar-refractivity contribution >= 4 is 10.9 Å². The van der Waals surface area contributed by atoms with Gasteiger partial charge in [0.2, 0.25) is 0 Å².